The Hall–Kier alpha value is -0.710. The Balaban J connectivity index is 2.53. The van der Waals surface area contributed by atoms with Crippen LogP contribution in [0.2, 0.25) is 0 Å². The molecule has 0 saturated carbocycles. The average Bonchev–Trinajstić information content (AvgIpc) is 2.85. The van der Waals surface area contributed by atoms with Gasteiger partial charge in [0.15, 0.2) is 0 Å². The lowest BCUT2D eigenvalue weighted by Gasteiger charge is -2.19. The summed E-state index contributed by atoms with van der Waals surface area (Å²) < 4.78 is 0. The highest BCUT2D eigenvalue weighted by molar-refractivity contribution is 7.21. The maximum atomic E-state index is 6.24. The number of nitrogens with two attached hydrogens (primary N) is 1. The largest absolute Gasteiger partial charge is 0.321 e. The van der Waals surface area contributed by atoms with Crippen molar-refractivity contribution in [2.45, 2.75) is 39.2 Å². The fraction of sp³-hybridized carbons (Fsp3) is 0.462. The number of hydrogen-bond donors (Lipinski definition) is 1. The van der Waals surface area contributed by atoms with Gasteiger partial charge in [-0.2, -0.15) is 0 Å². The molecule has 92 valence electrons. The molecule has 0 unspecified atom stereocenters. The zero-order valence-electron chi connectivity index (χ0n) is 10.7. The Kier molecular flexibility index (Phi) is 3.39. The Bertz CT molecular complexity index is 490. The van der Waals surface area contributed by atoms with E-state index in [1.165, 1.54) is 9.75 Å². The van der Waals surface area contributed by atoms with E-state index in [0.717, 1.165) is 10.7 Å². The topological polar surface area (TPSA) is 38.9 Å². The second-order valence-electron chi connectivity index (χ2n) is 5.09. The van der Waals surface area contributed by atoms with Gasteiger partial charge in [0.05, 0.1) is 10.6 Å². The predicted molar refractivity (Wildman–Crippen MR) is 76.7 cm³/mol. The first-order chi connectivity index (χ1) is 7.89. The van der Waals surface area contributed by atoms with E-state index < -0.39 is 0 Å². The van der Waals surface area contributed by atoms with E-state index in [4.69, 9.17) is 10.7 Å². The van der Waals surface area contributed by atoms with Crippen molar-refractivity contribution in [2.75, 3.05) is 0 Å². The second-order valence-corrected chi connectivity index (χ2v) is 7.03. The van der Waals surface area contributed by atoms with Crippen LogP contribution in [0.15, 0.2) is 17.5 Å². The molecule has 2 aromatic rings. The van der Waals surface area contributed by atoms with Crippen LogP contribution in [0.5, 0.6) is 0 Å². The van der Waals surface area contributed by atoms with E-state index in [0.29, 0.717) is 5.92 Å². The smallest absolute Gasteiger partial charge is 0.133 e. The standard InChI is InChI=1S/C13H18N2S2/c1-8(2)10-11(13(3,4)14)17-12(15-10)9-6-5-7-16-9/h5-8H,14H2,1-4H3. The molecule has 0 aromatic carbocycles. The molecule has 0 amide bonds. The number of hydrogen-bond acceptors (Lipinski definition) is 4. The molecule has 0 saturated heterocycles. The maximum Gasteiger partial charge on any atom is 0.133 e. The molecule has 2 nitrogen and oxygen atoms in total. The van der Waals surface area contributed by atoms with Crippen LogP contribution in [0, 0.1) is 0 Å². The lowest BCUT2D eigenvalue weighted by molar-refractivity contribution is 0.553. The number of thiazole rings is 1. The van der Waals surface area contributed by atoms with Gasteiger partial charge in [-0.1, -0.05) is 19.9 Å². The summed E-state index contributed by atoms with van der Waals surface area (Å²) in [5.74, 6) is 0.415. The molecule has 2 heterocycles. The summed E-state index contributed by atoms with van der Waals surface area (Å²) >= 11 is 3.45. The Labute approximate surface area is 111 Å². The number of aromatic nitrogens is 1. The first-order valence-electron chi connectivity index (χ1n) is 5.73. The number of nitrogens with zero attached hydrogens (tertiary/aromatic N) is 1. The Morgan fingerprint density at radius 3 is 2.47 bits per heavy atom. The molecule has 2 aromatic heterocycles. The van der Waals surface area contributed by atoms with Crippen LogP contribution in [0.1, 0.15) is 44.2 Å². The van der Waals surface area contributed by atoms with Crippen LogP contribution < -0.4 is 5.73 Å². The minimum Gasteiger partial charge on any atom is -0.321 e. The second kappa shape index (κ2) is 4.52. The molecule has 0 bridgehead atoms. The van der Waals surface area contributed by atoms with Gasteiger partial charge in [-0.3, -0.25) is 0 Å². The molecule has 2 N–H and O–H groups in total. The minimum atomic E-state index is -0.313. The molecule has 0 aliphatic carbocycles. The predicted octanol–water partition coefficient (Wildman–Crippen LogP) is 4.19. The summed E-state index contributed by atoms with van der Waals surface area (Å²) in [5.41, 5.74) is 7.07. The molecule has 0 aliphatic heterocycles. The quantitative estimate of drug-likeness (QED) is 0.904. The van der Waals surface area contributed by atoms with Crippen LogP contribution in [0.4, 0.5) is 0 Å². The van der Waals surface area contributed by atoms with Crippen molar-refractivity contribution >= 4 is 22.7 Å². The maximum absolute atomic E-state index is 6.24. The third kappa shape index (κ3) is 2.59. The third-order valence-corrected chi connectivity index (χ3v) is 4.97. The summed E-state index contributed by atoms with van der Waals surface area (Å²) in [7, 11) is 0. The van der Waals surface area contributed by atoms with Crippen molar-refractivity contribution in [3.05, 3.63) is 28.1 Å². The lowest BCUT2D eigenvalue weighted by atomic mass is 9.98. The van der Waals surface area contributed by atoms with Gasteiger partial charge in [-0.25, -0.2) is 4.98 Å². The number of rotatable bonds is 3. The summed E-state index contributed by atoms with van der Waals surface area (Å²) in [6.07, 6.45) is 0. The lowest BCUT2D eigenvalue weighted by Crippen LogP contribution is -2.28. The minimum absolute atomic E-state index is 0.313. The molecule has 0 fully saturated rings. The molecule has 0 atom stereocenters. The van der Waals surface area contributed by atoms with Gasteiger partial charge in [0.1, 0.15) is 5.01 Å². The molecule has 2 rings (SSSR count). The molecule has 0 aliphatic rings. The average molecular weight is 266 g/mol. The van der Waals surface area contributed by atoms with Crippen LogP contribution in [0.3, 0.4) is 0 Å². The van der Waals surface area contributed by atoms with Crippen LogP contribution in [0.25, 0.3) is 9.88 Å². The first-order valence-corrected chi connectivity index (χ1v) is 7.43. The molecule has 17 heavy (non-hydrogen) atoms. The van der Waals surface area contributed by atoms with E-state index >= 15 is 0 Å². The van der Waals surface area contributed by atoms with Gasteiger partial charge in [-0.15, -0.1) is 22.7 Å². The Morgan fingerprint density at radius 1 is 1.35 bits per heavy atom. The molecular weight excluding hydrogens is 248 g/mol. The van der Waals surface area contributed by atoms with E-state index in [2.05, 4.69) is 31.4 Å². The third-order valence-electron chi connectivity index (χ3n) is 2.52. The highest BCUT2D eigenvalue weighted by Crippen LogP contribution is 2.38. The van der Waals surface area contributed by atoms with Crippen molar-refractivity contribution in [1.29, 1.82) is 0 Å². The summed E-state index contributed by atoms with van der Waals surface area (Å²) in [6.45, 7) is 8.43. The van der Waals surface area contributed by atoms with Gasteiger partial charge < -0.3 is 5.73 Å². The van der Waals surface area contributed by atoms with Gasteiger partial charge in [0.25, 0.3) is 0 Å². The van der Waals surface area contributed by atoms with Gasteiger partial charge in [0.2, 0.25) is 0 Å². The SMILES string of the molecule is CC(C)c1nc(-c2cccs2)sc1C(C)(C)N. The van der Waals surface area contributed by atoms with Crippen molar-refractivity contribution in [1.82, 2.24) is 4.98 Å². The summed E-state index contributed by atoms with van der Waals surface area (Å²) in [4.78, 5) is 7.20. The first kappa shape index (κ1) is 12.7. The highest BCUT2D eigenvalue weighted by Gasteiger charge is 2.25. The van der Waals surface area contributed by atoms with E-state index in [9.17, 15) is 0 Å². The summed E-state index contributed by atoms with van der Waals surface area (Å²) in [6, 6.07) is 4.17. The van der Waals surface area contributed by atoms with E-state index in [1.807, 2.05) is 13.8 Å². The monoisotopic (exact) mass is 266 g/mol. The zero-order chi connectivity index (χ0) is 12.6. The molecule has 4 heteroatoms. The van der Waals surface area contributed by atoms with Crippen molar-refractivity contribution in [3.8, 4) is 9.88 Å². The van der Waals surface area contributed by atoms with Crippen molar-refractivity contribution < 1.29 is 0 Å². The van der Waals surface area contributed by atoms with Gasteiger partial charge in [0, 0.05) is 10.4 Å². The van der Waals surface area contributed by atoms with Gasteiger partial charge in [-0.05, 0) is 31.2 Å². The zero-order valence-corrected chi connectivity index (χ0v) is 12.3. The van der Waals surface area contributed by atoms with Crippen LogP contribution >= 0.6 is 22.7 Å². The fourth-order valence-corrected chi connectivity index (χ4v) is 3.72. The van der Waals surface area contributed by atoms with Crippen molar-refractivity contribution in [2.24, 2.45) is 5.73 Å². The van der Waals surface area contributed by atoms with Gasteiger partial charge >= 0.3 is 0 Å². The highest BCUT2D eigenvalue weighted by atomic mass is 32.1. The van der Waals surface area contributed by atoms with Crippen LogP contribution in [-0.4, -0.2) is 4.98 Å². The van der Waals surface area contributed by atoms with E-state index in [-0.39, 0.29) is 5.54 Å². The number of thiophene rings is 1. The molecular formula is C13H18N2S2. The van der Waals surface area contributed by atoms with E-state index in [1.54, 1.807) is 22.7 Å². The van der Waals surface area contributed by atoms with Crippen LogP contribution in [-0.2, 0) is 5.54 Å². The summed E-state index contributed by atoms with van der Waals surface area (Å²) in [5, 5.41) is 3.18. The molecule has 0 spiro atoms. The van der Waals surface area contributed by atoms with Crippen molar-refractivity contribution in [3.63, 3.8) is 0 Å². The molecule has 0 radical (unpaired) electrons. The normalized spacial score (nSPS) is 12.4. The Morgan fingerprint density at radius 2 is 2.06 bits per heavy atom. The fourth-order valence-electron chi connectivity index (χ4n) is 1.69.